The highest BCUT2D eigenvalue weighted by molar-refractivity contribution is 7.09. The van der Waals surface area contributed by atoms with Crippen LogP contribution in [0.25, 0.3) is 33.1 Å². The van der Waals surface area contributed by atoms with Gasteiger partial charge in [-0.1, -0.05) is 12.1 Å². The summed E-state index contributed by atoms with van der Waals surface area (Å²) < 4.78 is 41.0. The predicted molar refractivity (Wildman–Crippen MR) is 240 cm³/mol. The van der Waals surface area contributed by atoms with Crippen molar-refractivity contribution in [2.45, 2.75) is 56.9 Å². The Labute approximate surface area is 372 Å². The minimum atomic E-state index is -0.850. The number of nitrogens with one attached hydrogen (secondary N) is 1. The van der Waals surface area contributed by atoms with E-state index in [1.807, 2.05) is 40.6 Å². The number of hydrogen-bond donors (Lipinski definition) is 1. The molecule has 4 amide bonds. The molecule has 6 heterocycles. The van der Waals surface area contributed by atoms with Gasteiger partial charge in [0.15, 0.2) is 5.76 Å². The van der Waals surface area contributed by atoms with Crippen LogP contribution in [0.3, 0.4) is 0 Å². The number of carbonyl (C=O) groups is 4. The van der Waals surface area contributed by atoms with E-state index >= 15 is 8.78 Å². The van der Waals surface area contributed by atoms with Gasteiger partial charge in [-0.2, -0.15) is 0 Å². The molecule has 9 rings (SSSR count). The molecule has 3 aromatic carbocycles. The molecule has 3 aromatic heterocycles. The van der Waals surface area contributed by atoms with Crippen LogP contribution < -0.4 is 15.9 Å². The fourth-order valence-electron chi connectivity index (χ4n) is 9.58. The molecule has 0 spiro atoms. The van der Waals surface area contributed by atoms with Crippen LogP contribution in [0.4, 0.5) is 14.5 Å². The third kappa shape index (κ3) is 8.22. The van der Waals surface area contributed by atoms with Gasteiger partial charge in [-0.3, -0.25) is 38.5 Å². The number of halogens is 2. The molecule has 3 aliphatic rings. The van der Waals surface area contributed by atoms with Crippen molar-refractivity contribution in [2.75, 3.05) is 64.8 Å². The Kier molecular flexibility index (Phi) is 11.9. The number of piperidine rings is 2. The van der Waals surface area contributed by atoms with E-state index in [4.69, 9.17) is 4.42 Å². The SMILES string of the molecule is CN(C)C(=O)c1cc2c(F)c([C@@H]3CCCN(C(=O)CCc4nccs4)C3)cc(-c3ccc(N4CCN(CCc5c(F)ccc6c5n(C)c(=O)n6C5CCC(=O)NC5=O)CC4)cc3)c2o1. The maximum Gasteiger partial charge on any atom is 0.329 e. The Balaban J connectivity index is 0.904. The Bertz CT molecular complexity index is 2830. The molecule has 17 heteroatoms. The zero-order valence-electron chi connectivity index (χ0n) is 36.1. The standard InChI is InChI=1S/C47H50F2N8O6S/c1-52(2)46(61)38-26-34-42(49)32(29-5-4-18-56(27-29)41(59)15-14-40-50-17-24-64-40)25-33(44(34)63-38)28-6-8-30(9-7-28)55-22-20-54(21-23-55)19-16-31-35(48)10-11-36-43(31)53(3)47(62)57(36)37-12-13-39(58)51-45(37)60/h6-11,17,24-26,29,37H,4-5,12-16,18-23,27H2,1-3H3,(H,51,58,60)/t29-,37?/m1/s1. The lowest BCUT2D eigenvalue weighted by molar-refractivity contribution is -0.136. The van der Waals surface area contributed by atoms with E-state index in [0.29, 0.717) is 78.6 Å². The molecule has 0 bridgehead atoms. The first-order valence-electron chi connectivity index (χ1n) is 21.8. The first-order valence-corrected chi connectivity index (χ1v) is 22.7. The lowest BCUT2D eigenvalue weighted by Gasteiger charge is -2.36. The predicted octanol–water partition coefficient (Wildman–Crippen LogP) is 5.87. The number of likely N-dealkylation sites (tertiary alicyclic amines) is 1. The second-order valence-electron chi connectivity index (χ2n) is 17.2. The maximum atomic E-state index is 16.6. The van der Waals surface area contributed by atoms with Crippen LogP contribution in [0.15, 0.2) is 69.3 Å². The largest absolute Gasteiger partial charge is 0.450 e. The summed E-state index contributed by atoms with van der Waals surface area (Å²) in [6.07, 6.45) is 4.78. The summed E-state index contributed by atoms with van der Waals surface area (Å²) in [5.74, 6) is -2.31. The zero-order chi connectivity index (χ0) is 44.8. The number of amides is 4. The highest BCUT2D eigenvalue weighted by Gasteiger charge is 2.33. The van der Waals surface area contributed by atoms with Crippen molar-refractivity contribution in [2.24, 2.45) is 7.05 Å². The van der Waals surface area contributed by atoms with Crippen LogP contribution in [-0.2, 0) is 34.3 Å². The number of benzene rings is 3. The molecule has 0 saturated carbocycles. The lowest BCUT2D eigenvalue weighted by Crippen LogP contribution is -2.47. The summed E-state index contributed by atoms with van der Waals surface area (Å²) >= 11 is 1.53. The number of carbonyl (C=O) groups excluding carboxylic acids is 4. The Morgan fingerprint density at radius 1 is 0.969 bits per heavy atom. The van der Waals surface area contributed by atoms with Crippen LogP contribution in [-0.4, -0.2) is 112 Å². The smallest absolute Gasteiger partial charge is 0.329 e. The van der Waals surface area contributed by atoms with Gasteiger partial charge < -0.3 is 19.1 Å². The summed E-state index contributed by atoms with van der Waals surface area (Å²) in [5.41, 5.74) is 4.14. The number of piperazine rings is 1. The molecular weight excluding hydrogens is 843 g/mol. The molecule has 3 aliphatic heterocycles. The molecular formula is C47H50F2N8O6S. The number of imide groups is 1. The van der Waals surface area contributed by atoms with Crippen LogP contribution >= 0.6 is 11.3 Å². The highest BCUT2D eigenvalue weighted by Crippen LogP contribution is 2.40. The lowest BCUT2D eigenvalue weighted by atomic mass is 9.87. The van der Waals surface area contributed by atoms with Gasteiger partial charge in [0.1, 0.15) is 23.3 Å². The number of imidazole rings is 1. The topological polar surface area (TPSA) is 146 Å². The first kappa shape index (κ1) is 43.1. The fourth-order valence-corrected chi connectivity index (χ4v) is 10.2. The number of hydrogen-bond acceptors (Lipinski definition) is 10. The van der Waals surface area contributed by atoms with Crippen LogP contribution in [0, 0.1) is 11.6 Å². The Morgan fingerprint density at radius 3 is 2.47 bits per heavy atom. The van der Waals surface area contributed by atoms with Crippen molar-refractivity contribution < 1.29 is 32.4 Å². The van der Waals surface area contributed by atoms with Crippen LogP contribution in [0.1, 0.15) is 70.8 Å². The average Bonchev–Trinajstić information content (AvgIpc) is 4.05. The average molecular weight is 893 g/mol. The molecule has 6 aromatic rings. The van der Waals surface area contributed by atoms with E-state index in [-0.39, 0.29) is 47.6 Å². The van der Waals surface area contributed by atoms with Crippen molar-refractivity contribution in [3.8, 4) is 11.1 Å². The van der Waals surface area contributed by atoms with Gasteiger partial charge in [0.25, 0.3) is 5.91 Å². The van der Waals surface area contributed by atoms with Crippen LogP contribution in [0.2, 0.25) is 0 Å². The second kappa shape index (κ2) is 17.8. The number of nitrogens with zero attached hydrogens (tertiary/aromatic N) is 7. The summed E-state index contributed by atoms with van der Waals surface area (Å²) in [6.45, 7) is 4.45. The number of aryl methyl sites for hydroxylation is 2. The fraction of sp³-hybridized carbons (Fsp3) is 0.404. The third-order valence-corrected chi connectivity index (χ3v) is 13.9. The quantitative estimate of drug-likeness (QED) is 0.158. The normalized spacial score (nSPS) is 18.6. The van der Waals surface area contributed by atoms with E-state index in [0.717, 1.165) is 48.9 Å². The molecule has 1 N–H and O–H groups in total. The number of aromatic nitrogens is 3. The number of thiazole rings is 1. The van der Waals surface area contributed by atoms with Gasteiger partial charge in [0.05, 0.1) is 21.4 Å². The van der Waals surface area contributed by atoms with Gasteiger partial charge in [-0.15, -0.1) is 11.3 Å². The van der Waals surface area contributed by atoms with Gasteiger partial charge >= 0.3 is 5.69 Å². The summed E-state index contributed by atoms with van der Waals surface area (Å²) in [7, 11) is 4.82. The van der Waals surface area contributed by atoms with E-state index in [2.05, 4.69) is 20.1 Å². The van der Waals surface area contributed by atoms with Crippen molar-refractivity contribution in [3.63, 3.8) is 0 Å². The summed E-state index contributed by atoms with van der Waals surface area (Å²) in [4.78, 5) is 76.3. The number of furan rings is 1. The molecule has 0 aliphatic carbocycles. The molecule has 3 fully saturated rings. The number of anilines is 1. The van der Waals surface area contributed by atoms with Crippen molar-refractivity contribution in [1.82, 2.24) is 34.1 Å². The number of fused-ring (bicyclic) bond motifs is 2. The van der Waals surface area contributed by atoms with Gasteiger partial charge in [-0.05, 0) is 67.1 Å². The van der Waals surface area contributed by atoms with Crippen molar-refractivity contribution in [3.05, 3.63) is 104 Å². The van der Waals surface area contributed by atoms with E-state index in [9.17, 15) is 24.0 Å². The minimum Gasteiger partial charge on any atom is -0.450 e. The third-order valence-electron chi connectivity index (χ3n) is 13.0. The summed E-state index contributed by atoms with van der Waals surface area (Å²) in [5, 5.41) is 5.36. The second-order valence-corrected chi connectivity index (χ2v) is 18.2. The molecule has 2 atom stereocenters. The molecule has 64 heavy (non-hydrogen) atoms. The summed E-state index contributed by atoms with van der Waals surface area (Å²) in [6, 6.07) is 13.4. The molecule has 3 saturated heterocycles. The Hall–Kier alpha value is -6.20. The van der Waals surface area contributed by atoms with Gasteiger partial charge in [-0.25, -0.2) is 18.6 Å². The van der Waals surface area contributed by atoms with Crippen LogP contribution in [0.5, 0.6) is 0 Å². The van der Waals surface area contributed by atoms with Gasteiger partial charge in [0, 0.05) is 127 Å². The number of rotatable bonds is 11. The minimum absolute atomic E-state index is 0.0269. The molecule has 1 unspecified atom stereocenters. The monoisotopic (exact) mass is 892 g/mol. The van der Waals surface area contributed by atoms with E-state index in [1.54, 1.807) is 27.3 Å². The van der Waals surface area contributed by atoms with E-state index in [1.165, 1.54) is 43.6 Å². The molecule has 14 nitrogen and oxygen atoms in total. The first-order chi connectivity index (χ1) is 30.9. The maximum absolute atomic E-state index is 16.6. The molecule has 334 valence electrons. The zero-order valence-corrected chi connectivity index (χ0v) is 36.9. The van der Waals surface area contributed by atoms with Crippen molar-refractivity contribution in [1.29, 1.82) is 0 Å². The molecule has 0 radical (unpaired) electrons. The van der Waals surface area contributed by atoms with Crippen molar-refractivity contribution >= 4 is 62.7 Å². The van der Waals surface area contributed by atoms with Gasteiger partial charge in [0.2, 0.25) is 17.7 Å². The Morgan fingerprint density at radius 2 is 1.75 bits per heavy atom. The van der Waals surface area contributed by atoms with E-state index < -0.39 is 29.3 Å². The highest BCUT2D eigenvalue weighted by atomic mass is 32.1.